The second kappa shape index (κ2) is 7.55. The number of rotatable bonds is 5. The highest BCUT2D eigenvalue weighted by Gasteiger charge is 2.14. The molecule has 0 bridgehead atoms. The number of nitrogens with two attached hydrogens (primary N) is 1. The van der Waals surface area contributed by atoms with Crippen LogP contribution < -0.4 is 15.8 Å². The molecule has 0 spiro atoms. The quantitative estimate of drug-likeness (QED) is 0.480. The van der Waals surface area contributed by atoms with Crippen LogP contribution in [0, 0.1) is 5.82 Å². The van der Waals surface area contributed by atoms with Gasteiger partial charge in [0.2, 0.25) is 0 Å². The number of carbonyl (C=O) groups is 1. The Labute approximate surface area is 164 Å². The van der Waals surface area contributed by atoms with Crippen LogP contribution in [-0.2, 0) is 6.54 Å². The summed E-state index contributed by atoms with van der Waals surface area (Å²) in [6.45, 7) is 0.272. The molecule has 0 saturated heterocycles. The molecular weight excluding hydrogens is 375 g/mol. The number of hydrogen-bond acceptors (Lipinski definition) is 6. The Balaban J connectivity index is 1.50. The van der Waals surface area contributed by atoms with Crippen molar-refractivity contribution in [3.05, 3.63) is 65.7 Å². The van der Waals surface area contributed by atoms with E-state index in [1.807, 2.05) is 24.3 Å². The third-order valence-corrected chi connectivity index (χ3v) is 4.48. The van der Waals surface area contributed by atoms with Gasteiger partial charge in [0.1, 0.15) is 23.7 Å². The van der Waals surface area contributed by atoms with Crippen molar-refractivity contribution in [2.75, 3.05) is 12.8 Å². The molecule has 0 radical (unpaired) electrons. The van der Waals surface area contributed by atoms with Gasteiger partial charge in [-0.3, -0.25) is 9.89 Å². The molecule has 0 atom stereocenters. The average Bonchev–Trinajstić information content (AvgIpc) is 3.18. The Kier molecular flexibility index (Phi) is 4.78. The van der Waals surface area contributed by atoms with E-state index in [0.717, 1.165) is 22.9 Å². The molecule has 146 valence electrons. The van der Waals surface area contributed by atoms with Crippen LogP contribution in [-0.4, -0.2) is 33.2 Å². The van der Waals surface area contributed by atoms with E-state index in [9.17, 15) is 9.18 Å². The first-order chi connectivity index (χ1) is 14.1. The van der Waals surface area contributed by atoms with E-state index >= 15 is 0 Å². The number of amides is 1. The van der Waals surface area contributed by atoms with Gasteiger partial charge < -0.3 is 15.8 Å². The number of nitrogens with zero attached hydrogens (tertiary/aromatic N) is 3. The Morgan fingerprint density at radius 3 is 2.76 bits per heavy atom. The molecule has 4 rings (SSSR count). The van der Waals surface area contributed by atoms with Crippen molar-refractivity contribution in [1.29, 1.82) is 0 Å². The van der Waals surface area contributed by atoms with Gasteiger partial charge in [-0.15, -0.1) is 0 Å². The number of fused-ring (bicyclic) bond motifs is 1. The smallest absolute Gasteiger partial charge is 0.255 e. The van der Waals surface area contributed by atoms with Gasteiger partial charge in [-0.1, -0.05) is 24.3 Å². The molecule has 0 aliphatic heterocycles. The summed E-state index contributed by atoms with van der Waals surface area (Å²) < 4.78 is 18.6. The number of hydrogen-bond donors (Lipinski definition) is 3. The minimum atomic E-state index is -0.504. The highest BCUT2D eigenvalue weighted by atomic mass is 19.1. The molecule has 8 nitrogen and oxygen atoms in total. The number of nitrogens with one attached hydrogen (secondary N) is 2. The molecular formula is C20H17FN6O2. The number of anilines is 1. The monoisotopic (exact) mass is 392 g/mol. The summed E-state index contributed by atoms with van der Waals surface area (Å²) in [5, 5.41) is 10.5. The van der Waals surface area contributed by atoms with Gasteiger partial charge in [-0.05, 0) is 23.8 Å². The highest BCUT2D eigenvalue weighted by molar-refractivity contribution is 5.98. The predicted molar refractivity (Wildman–Crippen MR) is 106 cm³/mol. The largest absolute Gasteiger partial charge is 0.496 e. The van der Waals surface area contributed by atoms with Crippen LogP contribution in [0.3, 0.4) is 0 Å². The second-order valence-electron chi connectivity index (χ2n) is 6.28. The number of nitrogen functional groups attached to an aromatic ring is 1. The molecule has 0 aliphatic carbocycles. The van der Waals surface area contributed by atoms with E-state index in [1.165, 1.54) is 25.6 Å². The lowest BCUT2D eigenvalue weighted by atomic mass is 10.1. The molecule has 0 fully saturated rings. The molecule has 2 heterocycles. The SMILES string of the molecule is COc1ccc(F)cc1C(=O)NCc1ccc(-c2[nH]nc3ncnc(N)c23)cc1. The normalized spacial score (nSPS) is 10.8. The lowest BCUT2D eigenvalue weighted by Crippen LogP contribution is -2.23. The highest BCUT2D eigenvalue weighted by Crippen LogP contribution is 2.28. The van der Waals surface area contributed by atoms with E-state index in [0.29, 0.717) is 22.6 Å². The number of benzene rings is 2. The van der Waals surface area contributed by atoms with E-state index in [4.69, 9.17) is 10.5 Å². The topological polar surface area (TPSA) is 119 Å². The summed E-state index contributed by atoms with van der Waals surface area (Å²) >= 11 is 0. The van der Waals surface area contributed by atoms with E-state index in [2.05, 4.69) is 25.5 Å². The Bertz CT molecular complexity index is 1190. The van der Waals surface area contributed by atoms with Crippen LogP contribution in [0.15, 0.2) is 48.8 Å². The number of halogens is 1. The zero-order valence-corrected chi connectivity index (χ0v) is 15.4. The van der Waals surface area contributed by atoms with Gasteiger partial charge in [0.25, 0.3) is 5.91 Å². The first-order valence-corrected chi connectivity index (χ1v) is 8.72. The summed E-state index contributed by atoms with van der Waals surface area (Å²) in [4.78, 5) is 20.5. The molecule has 0 saturated carbocycles. The molecule has 4 N–H and O–H groups in total. The molecule has 29 heavy (non-hydrogen) atoms. The van der Waals surface area contributed by atoms with Gasteiger partial charge in [-0.25, -0.2) is 14.4 Å². The van der Waals surface area contributed by atoms with Crippen LogP contribution >= 0.6 is 0 Å². The van der Waals surface area contributed by atoms with Crippen molar-refractivity contribution in [2.45, 2.75) is 6.54 Å². The Hall–Kier alpha value is -4.01. The number of aromatic nitrogens is 4. The average molecular weight is 392 g/mol. The van der Waals surface area contributed by atoms with Crippen molar-refractivity contribution < 1.29 is 13.9 Å². The molecule has 1 amide bonds. The minimum absolute atomic E-state index is 0.142. The fourth-order valence-electron chi connectivity index (χ4n) is 3.01. The van der Waals surface area contributed by atoms with Crippen molar-refractivity contribution in [3.8, 4) is 17.0 Å². The van der Waals surface area contributed by atoms with Crippen molar-refractivity contribution in [2.24, 2.45) is 0 Å². The predicted octanol–water partition coefficient (Wildman–Crippen LogP) is 2.68. The lowest BCUT2D eigenvalue weighted by molar-refractivity contribution is 0.0947. The van der Waals surface area contributed by atoms with Crippen LogP contribution in [0.2, 0.25) is 0 Å². The zero-order valence-electron chi connectivity index (χ0n) is 15.4. The summed E-state index contributed by atoms with van der Waals surface area (Å²) in [6.07, 6.45) is 1.36. The van der Waals surface area contributed by atoms with Crippen LogP contribution in [0.1, 0.15) is 15.9 Å². The fourth-order valence-corrected chi connectivity index (χ4v) is 3.01. The second-order valence-corrected chi connectivity index (χ2v) is 6.28. The van der Waals surface area contributed by atoms with Crippen molar-refractivity contribution in [1.82, 2.24) is 25.5 Å². The van der Waals surface area contributed by atoms with Crippen LogP contribution in [0.25, 0.3) is 22.3 Å². The maximum absolute atomic E-state index is 13.5. The number of ether oxygens (including phenoxy) is 1. The van der Waals surface area contributed by atoms with E-state index in [-0.39, 0.29) is 12.1 Å². The number of methoxy groups -OCH3 is 1. The van der Waals surface area contributed by atoms with Crippen LogP contribution in [0.4, 0.5) is 10.2 Å². The molecule has 2 aromatic carbocycles. The Morgan fingerprint density at radius 1 is 1.21 bits per heavy atom. The van der Waals surface area contributed by atoms with Gasteiger partial charge in [0, 0.05) is 12.1 Å². The zero-order chi connectivity index (χ0) is 20.4. The van der Waals surface area contributed by atoms with Crippen LogP contribution in [0.5, 0.6) is 5.75 Å². The summed E-state index contributed by atoms with van der Waals surface area (Å²) in [7, 11) is 1.43. The standard InChI is InChI=1S/C20H17FN6O2/c1-29-15-7-6-13(21)8-14(15)20(28)23-9-11-2-4-12(5-3-11)17-16-18(22)24-10-25-19(16)27-26-17/h2-8,10H,9H2,1H3,(H,23,28)(H3,22,24,25,26,27). The minimum Gasteiger partial charge on any atom is -0.496 e. The summed E-state index contributed by atoms with van der Waals surface area (Å²) in [5.74, 6) is -0.269. The van der Waals surface area contributed by atoms with E-state index in [1.54, 1.807) is 0 Å². The van der Waals surface area contributed by atoms with Gasteiger partial charge in [0.15, 0.2) is 5.65 Å². The number of H-pyrrole nitrogens is 1. The van der Waals surface area contributed by atoms with E-state index < -0.39 is 11.7 Å². The first kappa shape index (κ1) is 18.4. The van der Waals surface area contributed by atoms with Crippen molar-refractivity contribution in [3.63, 3.8) is 0 Å². The third-order valence-electron chi connectivity index (χ3n) is 4.48. The molecule has 4 aromatic rings. The van der Waals surface area contributed by atoms with Gasteiger partial charge >= 0.3 is 0 Å². The number of carbonyl (C=O) groups excluding carboxylic acids is 1. The fraction of sp³-hybridized carbons (Fsp3) is 0.100. The molecule has 0 unspecified atom stereocenters. The molecule has 2 aromatic heterocycles. The third kappa shape index (κ3) is 3.57. The Morgan fingerprint density at radius 2 is 2.00 bits per heavy atom. The summed E-state index contributed by atoms with van der Waals surface area (Å²) in [6, 6.07) is 11.3. The maximum atomic E-state index is 13.5. The summed E-state index contributed by atoms with van der Waals surface area (Å²) in [5.41, 5.74) is 9.02. The van der Waals surface area contributed by atoms with Gasteiger partial charge in [-0.2, -0.15) is 5.10 Å². The maximum Gasteiger partial charge on any atom is 0.255 e. The van der Waals surface area contributed by atoms with Gasteiger partial charge in [0.05, 0.1) is 23.8 Å². The molecule has 9 heteroatoms. The lowest BCUT2D eigenvalue weighted by Gasteiger charge is -2.10. The molecule has 0 aliphatic rings. The first-order valence-electron chi connectivity index (χ1n) is 8.72. The number of aromatic amines is 1. The van der Waals surface area contributed by atoms with Crippen molar-refractivity contribution >= 4 is 22.8 Å².